The van der Waals surface area contributed by atoms with Crippen molar-refractivity contribution in [3.05, 3.63) is 82.1 Å². The number of para-hydroxylation sites is 1. The van der Waals surface area contributed by atoms with E-state index in [1.54, 1.807) is 30.3 Å². The van der Waals surface area contributed by atoms with Gasteiger partial charge in [0.25, 0.3) is 11.5 Å². The second kappa shape index (κ2) is 12.3. The number of hydrazone groups is 1. The van der Waals surface area contributed by atoms with Crippen molar-refractivity contribution in [3.8, 4) is 22.9 Å². The minimum Gasteiger partial charge on any atom is -0.493 e. The topological polar surface area (TPSA) is 121 Å². The van der Waals surface area contributed by atoms with Gasteiger partial charge < -0.3 is 14.2 Å². The van der Waals surface area contributed by atoms with Crippen LogP contribution in [0.15, 0.2) is 75.7 Å². The number of hydrogen-bond donors (Lipinski definition) is 1. The van der Waals surface area contributed by atoms with Crippen molar-refractivity contribution in [1.82, 2.24) is 15.0 Å². The minimum atomic E-state index is -0.522. The molecule has 39 heavy (non-hydrogen) atoms. The largest absolute Gasteiger partial charge is 0.493 e. The Bertz CT molecular complexity index is 1590. The molecule has 200 valence electrons. The molecule has 0 aliphatic carbocycles. The van der Waals surface area contributed by atoms with Crippen molar-refractivity contribution >= 4 is 40.8 Å². The molecule has 0 radical (unpaired) electrons. The van der Waals surface area contributed by atoms with Crippen LogP contribution in [0.25, 0.3) is 16.6 Å². The molecule has 0 fully saturated rings. The van der Waals surface area contributed by atoms with Gasteiger partial charge in [0.1, 0.15) is 0 Å². The Balaban J connectivity index is 1.52. The number of amides is 1. The maximum absolute atomic E-state index is 13.3. The molecule has 0 unspecified atom stereocenters. The lowest BCUT2D eigenvalue weighted by Gasteiger charge is -2.13. The first kappa shape index (κ1) is 27.4. The molecule has 3 aromatic carbocycles. The summed E-state index contributed by atoms with van der Waals surface area (Å²) in [6, 6.07) is 17.8. The van der Waals surface area contributed by atoms with Crippen molar-refractivity contribution in [2.75, 3.05) is 20.0 Å². The Morgan fingerprint density at radius 3 is 2.36 bits per heavy atom. The summed E-state index contributed by atoms with van der Waals surface area (Å²) in [7, 11) is 2.86. The van der Waals surface area contributed by atoms with Crippen molar-refractivity contribution < 1.29 is 23.8 Å². The lowest BCUT2D eigenvalue weighted by molar-refractivity contribution is -0.132. The van der Waals surface area contributed by atoms with Crippen LogP contribution >= 0.6 is 11.8 Å². The maximum Gasteiger partial charge on any atom is 0.308 e. The molecule has 11 heteroatoms. The van der Waals surface area contributed by atoms with Crippen molar-refractivity contribution in [3.63, 3.8) is 0 Å². The quantitative estimate of drug-likeness (QED) is 0.0839. The standard InChI is InChI=1S/C28H26N4O6S/c1-17-9-11-20(12-10-17)32-27(35)21-7-5-6-8-22(21)30-28(32)39-16-25(34)31-29-15-19-13-23(36-3)26(38-18(2)33)24(14-19)37-4/h5-15H,16H2,1-4H3,(H,31,34). The average Bonchev–Trinajstić information content (AvgIpc) is 2.93. The van der Waals surface area contributed by atoms with E-state index in [2.05, 4.69) is 15.5 Å². The fourth-order valence-electron chi connectivity index (χ4n) is 3.69. The predicted octanol–water partition coefficient (Wildman–Crippen LogP) is 3.88. The van der Waals surface area contributed by atoms with Crippen molar-refractivity contribution in [1.29, 1.82) is 0 Å². The van der Waals surface area contributed by atoms with E-state index < -0.39 is 11.9 Å². The van der Waals surface area contributed by atoms with Gasteiger partial charge in [0, 0.05) is 12.5 Å². The molecule has 0 aliphatic rings. The zero-order valence-corrected chi connectivity index (χ0v) is 22.6. The Hall–Kier alpha value is -4.64. The van der Waals surface area contributed by atoms with Crippen LogP contribution in [-0.2, 0) is 9.59 Å². The average molecular weight is 547 g/mol. The summed E-state index contributed by atoms with van der Waals surface area (Å²) in [5, 5.41) is 4.88. The number of benzene rings is 3. The normalized spacial score (nSPS) is 11.0. The summed E-state index contributed by atoms with van der Waals surface area (Å²) in [6.45, 7) is 3.24. The van der Waals surface area contributed by atoms with E-state index in [1.165, 1.54) is 31.9 Å². The number of rotatable bonds is 9. The van der Waals surface area contributed by atoms with E-state index in [4.69, 9.17) is 14.2 Å². The van der Waals surface area contributed by atoms with E-state index in [9.17, 15) is 14.4 Å². The van der Waals surface area contributed by atoms with Crippen LogP contribution < -0.4 is 25.2 Å². The van der Waals surface area contributed by atoms with E-state index >= 15 is 0 Å². The number of nitrogens with zero attached hydrogens (tertiary/aromatic N) is 3. The van der Waals surface area contributed by atoms with Gasteiger partial charge in [-0.2, -0.15) is 5.10 Å². The minimum absolute atomic E-state index is 0.0357. The van der Waals surface area contributed by atoms with Crippen LogP contribution in [0.4, 0.5) is 0 Å². The Kier molecular flexibility index (Phi) is 8.62. The van der Waals surface area contributed by atoms with Crippen molar-refractivity contribution in [2.24, 2.45) is 5.10 Å². The third-order valence-corrected chi connectivity index (χ3v) is 6.44. The highest BCUT2D eigenvalue weighted by atomic mass is 32.2. The third-order valence-electron chi connectivity index (χ3n) is 5.50. The molecule has 0 aliphatic heterocycles. The number of aromatic nitrogens is 2. The van der Waals surface area contributed by atoms with Gasteiger partial charge in [0.15, 0.2) is 16.7 Å². The molecule has 1 amide bonds. The first-order valence-electron chi connectivity index (χ1n) is 11.8. The smallest absolute Gasteiger partial charge is 0.308 e. The summed E-state index contributed by atoms with van der Waals surface area (Å²) in [4.78, 5) is 42.0. The van der Waals surface area contributed by atoms with Gasteiger partial charge in [-0.05, 0) is 43.3 Å². The number of hydrogen-bond acceptors (Lipinski definition) is 9. The highest BCUT2D eigenvalue weighted by Gasteiger charge is 2.17. The predicted molar refractivity (Wildman–Crippen MR) is 149 cm³/mol. The number of carbonyl (C=O) groups excluding carboxylic acids is 2. The Morgan fingerprint density at radius 1 is 1.05 bits per heavy atom. The van der Waals surface area contributed by atoms with E-state index in [-0.39, 0.29) is 28.6 Å². The first-order valence-corrected chi connectivity index (χ1v) is 12.8. The lowest BCUT2D eigenvalue weighted by Crippen LogP contribution is -2.24. The number of thioether (sulfide) groups is 1. The van der Waals surface area contributed by atoms with E-state index in [0.29, 0.717) is 27.3 Å². The van der Waals surface area contributed by atoms with Crippen LogP contribution in [0.1, 0.15) is 18.1 Å². The molecule has 0 bridgehead atoms. The van der Waals surface area contributed by atoms with Crippen LogP contribution in [0.3, 0.4) is 0 Å². The van der Waals surface area contributed by atoms with Crippen LogP contribution in [0, 0.1) is 6.92 Å². The molecular formula is C28H26N4O6S. The number of carbonyl (C=O) groups is 2. The number of ether oxygens (including phenoxy) is 3. The van der Waals surface area contributed by atoms with Gasteiger partial charge in [-0.3, -0.25) is 19.0 Å². The Morgan fingerprint density at radius 2 is 1.72 bits per heavy atom. The van der Waals surface area contributed by atoms with Crippen LogP contribution in [0.5, 0.6) is 17.2 Å². The highest BCUT2D eigenvalue weighted by Crippen LogP contribution is 2.38. The molecule has 0 saturated heterocycles. The summed E-state index contributed by atoms with van der Waals surface area (Å²) >= 11 is 1.13. The molecule has 0 saturated carbocycles. The first-order chi connectivity index (χ1) is 18.8. The van der Waals surface area contributed by atoms with Crippen LogP contribution in [0.2, 0.25) is 0 Å². The number of nitrogens with one attached hydrogen (secondary N) is 1. The zero-order valence-electron chi connectivity index (χ0n) is 21.8. The second-order valence-electron chi connectivity index (χ2n) is 8.32. The van der Waals surface area contributed by atoms with Gasteiger partial charge in [-0.25, -0.2) is 10.4 Å². The fraction of sp³-hybridized carbons (Fsp3) is 0.179. The number of fused-ring (bicyclic) bond motifs is 1. The molecule has 4 rings (SSSR count). The van der Waals surface area contributed by atoms with E-state index in [0.717, 1.165) is 17.3 Å². The SMILES string of the molecule is COc1cc(C=NNC(=O)CSc2nc3ccccc3c(=O)n2-c2ccc(C)cc2)cc(OC)c1OC(C)=O. The second-order valence-corrected chi connectivity index (χ2v) is 9.26. The summed E-state index contributed by atoms with van der Waals surface area (Å²) < 4.78 is 17.3. The molecule has 4 aromatic rings. The Labute approximate surface area is 228 Å². The van der Waals surface area contributed by atoms with Crippen LogP contribution in [-0.4, -0.2) is 47.6 Å². The third kappa shape index (κ3) is 6.44. The number of aryl methyl sites for hydroxylation is 1. The summed E-state index contributed by atoms with van der Waals surface area (Å²) in [6.07, 6.45) is 1.40. The number of methoxy groups -OCH3 is 2. The summed E-state index contributed by atoms with van der Waals surface area (Å²) in [5.41, 5.74) is 5.05. The van der Waals surface area contributed by atoms with Gasteiger partial charge in [-0.15, -0.1) is 0 Å². The molecule has 1 heterocycles. The monoisotopic (exact) mass is 546 g/mol. The van der Waals surface area contributed by atoms with Crippen molar-refractivity contribution in [2.45, 2.75) is 19.0 Å². The molecule has 0 spiro atoms. The molecule has 10 nitrogen and oxygen atoms in total. The fourth-order valence-corrected chi connectivity index (χ4v) is 4.50. The molecule has 0 atom stereocenters. The summed E-state index contributed by atoms with van der Waals surface area (Å²) in [5.74, 6) is -0.274. The molecular weight excluding hydrogens is 520 g/mol. The maximum atomic E-state index is 13.3. The molecule has 1 aromatic heterocycles. The van der Waals surface area contributed by atoms with Gasteiger partial charge in [0.2, 0.25) is 5.75 Å². The lowest BCUT2D eigenvalue weighted by atomic mass is 10.2. The van der Waals surface area contributed by atoms with Gasteiger partial charge in [0.05, 0.1) is 42.8 Å². The highest BCUT2D eigenvalue weighted by molar-refractivity contribution is 7.99. The van der Waals surface area contributed by atoms with E-state index in [1.807, 2.05) is 37.3 Å². The van der Waals surface area contributed by atoms with Gasteiger partial charge >= 0.3 is 5.97 Å². The number of esters is 1. The zero-order chi connectivity index (χ0) is 27.9. The molecule has 1 N–H and O–H groups in total. The van der Waals surface area contributed by atoms with Gasteiger partial charge in [-0.1, -0.05) is 41.6 Å².